The number of hydrogen-bond donors (Lipinski definition) is 1. The smallest absolute Gasteiger partial charge is 0.456 e. The van der Waals surface area contributed by atoms with Gasteiger partial charge in [-0.05, 0) is 30.7 Å². The van der Waals surface area contributed by atoms with E-state index in [2.05, 4.69) is 10.3 Å². The third-order valence-corrected chi connectivity index (χ3v) is 6.40. The Labute approximate surface area is 213 Å². The lowest BCUT2D eigenvalue weighted by Gasteiger charge is -2.44. The summed E-state index contributed by atoms with van der Waals surface area (Å²) in [6.07, 6.45) is -4.82. The number of esters is 2. The Hall–Kier alpha value is -3.44. The molecule has 3 rings (SSSR count). The average molecular weight is 537 g/mol. The first-order valence-corrected chi connectivity index (χ1v) is 12.8. The number of carbonyl (C=O) groups is 3. The van der Waals surface area contributed by atoms with Gasteiger partial charge in [-0.2, -0.15) is 0 Å². The van der Waals surface area contributed by atoms with Crippen LogP contribution in [-0.2, 0) is 42.5 Å². The van der Waals surface area contributed by atoms with Crippen LogP contribution in [0.2, 0.25) is 0 Å². The molecule has 0 radical (unpaired) electrons. The molecular weight excluding hydrogens is 509 g/mol. The standard InChI is InChI=1S/C24H28NO11P/c1-4-20-21(25-30-15-26)22(31-16(2)27)23(32-17(3)28)24(33-20)36-37(29,34-18-11-7-5-8-12-18)35-19-13-9-6-10-14-19/h5-15,20-25H,4H2,1-3H3/t20-,21?,22+,23+,24-/m1/s1. The number of phosphoric acid groups is 1. The SMILES string of the molecule is CC[C@H]1O[C@H](OP(=O)(Oc2ccccc2)Oc2ccccc2)[C@@H](OC(C)=O)[C@@H](OC(C)=O)C1NOC=O. The molecule has 0 bridgehead atoms. The monoisotopic (exact) mass is 537 g/mol. The molecule has 0 aromatic heterocycles. The van der Waals surface area contributed by atoms with Crippen molar-refractivity contribution in [1.29, 1.82) is 0 Å². The van der Waals surface area contributed by atoms with Gasteiger partial charge < -0.3 is 28.1 Å². The molecule has 0 amide bonds. The lowest BCUT2D eigenvalue weighted by molar-refractivity contribution is -0.269. The van der Waals surface area contributed by atoms with E-state index >= 15 is 0 Å². The topological polar surface area (TPSA) is 145 Å². The van der Waals surface area contributed by atoms with E-state index < -0.39 is 50.4 Å². The Morgan fingerprint density at radius 3 is 1.89 bits per heavy atom. The fourth-order valence-electron chi connectivity index (χ4n) is 3.65. The van der Waals surface area contributed by atoms with Gasteiger partial charge >= 0.3 is 26.2 Å². The zero-order chi connectivity index (χ0) is 26.8. The molecule has 0 aliphatic carbocycles. The summed E-state index contributed by atoms with van der Waals surface area (Å²) in [4.78, 5) is 39.4. The maximum atomic E-state index is 13.9. The van der Waals surface area contributed by atoms with Crippen molar-refractivity contribution in [1.82, 2.24) is 5.48 Å². The summed E-state index contributed by atoms with van der Waals surface area (Å²) in [6.45, 7) is 4.15. The molecule has 1 N–H and O–H groups in total. The fourth-order valence-corrected chi connectivity index (χ4v) is 4.95. The summed E-state index contributed by atoms with van der Waals surface area (Å²) in [5.41, 5.74) is 2.45. The van der Waals surface area contributed by atoms with Crippen molar-refractivity contribution < 1.29 is 51.6 Å². The highest BCUT2D eigenvalue weighted by molar-refractivity contribution is 7.49. The molecule has 2 aromatic carbocycles. The molecule has 12 nitrogen and oxygen atoms in total. The van der Waals surface area contributed by atoms with Gasteiger partial charge in [-0.3, -0.25) is 14.4 Å². The van der Waals surface area contributed by atoms with Gasteiger partial charge in [-0.1, -0.05) is 43.3 Å². The molecule has 1 aliphatic rings. The van der Waals surface area contributed by atoms with Crippen LogP contribution in [0.15, 0.2) is 60.7 Å². The number of nitrogens with one attached hydrogen (secondary N) is 1. The van der Waals surface area contributed by atoms with E-state index in [9.17, 15) is 18.9 Å². The van der Waals surface area contributed by atoms with Crippen molar-refractivity contribution in [3.63, 3.8) is 0 Å². The van der Waals surface area contributed by atoms with E-state index in [-0.39, 0.29) is 18.0 Å². The Kier molecular flexibility index (Phi) is 10.0. The Balaban J connectivity index is 1.99. The van der Waals surface area contributed by atoms with Crippen LogP contribution in [0, 0.1) is 0 Å². The van der Waals surface area contributed by atoms with E-state index in [0.717, 1.165) is 13.8 Å². The summed E-state index contributed by atoms with van der Waals surface area (Å²) < 4.78 is 47.8. The number of benzene rings is 2. The van der Waals surface area contributed by atoms with Crippen LogP contribution in [0.3, 0.4) is 0 Å². The number of para-hydroxylation sites is 2. The van der Waals surface area contributed by atoms with Gasteiger partial charge in [-0.15, -0.1) is 5.48 Å². The van der Waals surface area contributed by atoms with Gasteiger partial charge in [0.2, 0.25) is 6.29 Å². The second-order valence-electron chi connectivity index (χ2n) is 7.82. The largest absolute Gasteiger partial charge is 0.590 e. The first kappa shape index (κ1) is 28.1. The first-order chi connectivity index (χ1) is 17.7. The molecule has 1 fully saturated rings. The highest BCUT2D eigenvalue weighted by Gasteiger charge is 2.53. The third-order valence-electron chi connectivity index (χ3n) is 5.07. The Bertz CT molecular complexity index is 1040. The summed E-state index contributed by atoms with van der Waals surface area (Å²) in [6, 6.07) is 15.3. The van der Waals surface area contributed by atoms with E-state index in [1.165, 1.54) is 0 Å². The normalized spacial score (nSPS) is 23.4. The first-order valence-electron chi connectivity index (χ1n) is 11.4. The van der Waals surface area contributed by atoms with Crippen LogP contribution in [0.1, 0.15) is 27.2 Å². The van der Waals surface area contributed by atoms with Crippen LogP contribution >= 0.6 is 7.82 Å². The Morgan fingerprint density at radius 1 is 0.919 bits per heavy atom. The molecule has 1 unspecified atom stereocenters. The van der Waals surface area contributed by atoms with Gasteiger partial charge in [0.1, 0.15) is 17.5 Å². The minimum atomic E-state index is -4.52. The second-order valence-corrected chi connectivity index (χ2v) is 9.29. The van der Waals surface area contributed by atoms with E-state index in [0.29, 0.717) is 6.42 Å². The highest BCUT2D eigenvalue weighted by atomic mass is 31.2. The molecule has 200 valence electrons. The maximum absolute atomic E-state index is 13.9. The van der Waals surface area contributed by atoms with Gasteiger partial charge in [-0.25, -0.2) is 9.09 Å². The molecule has 1 aliphatic heterocycles. The lowest BCUT2D eigenvalue weighted by Crippen LogP contribution is -2.64. The van der Waals surface area contributed by atoms with Gasteiger partial charge in [0.25, 0.3) is 0 Å². The number of rotatable bonds is 12. The summed E-state index contributed by atoms with van der Waals surface area (Å²) in [5, 5.41) is 0. The molecular formula is C24H28NO11P. The van der Waals surface area contributed by atoms with Crippen LogP contribution in [0.5, 0.6) is 11.5 Å². The molecule has 13 heteroatoms. The molecule has 37 heavy (non-hydrogen) atoms. The number of carbonyl (C=O) groups excluding carboxylic acids is 3. The average Bonchev–Trinajstić information content (AvgIpc) is 2.85. The molecule has 5 atom stereocenters. The quantitative estimate of drug-likeness (QED) is 0.139. The van der Waals surface area contributed by atoms with Gasteiger partial charge in [0.15, 0.2) is 12.2 Å². The molecule has 0 spiro atoms. The predicted molar refractivity (Wildman–Crippen MR) is 127 cm³/mol. The van der Waals surface area contributed by atoms with Crippen LogP contribution in [0.4, 0.5) is 0 Å². The second kappa shape index (κ2) is 13.2. The van der Waals surface area contributed by atoms with E-state index in [4.69, 9.17) is 27.8 Å². The third kappa shape index (κ3) is 8.02. The number of phosphoric ester groups is 1. The van der Waals surface area contributed by atoms with Crippen molar-refractivity contribution in [2.75, 3.05) is 0 Å². The van der Waals surface area contributed by atoms with Crippen molar-refractivity contribution in [2.24, 2.45) is 0 Å². The maximum Gasteiger partial charge on any atom is 0.590 e. The van der Waals surface area contributed by atoms with Crippen molar-refractivity contribution in [3.8, 4) is 11.5 Å². The molecule has 2 aromatic rings. The Morgan fingerprint density at radius 2 is 1.43 bits per heavy atom. The molecule has 1 heterocycles. The summed E-state index contributed by atoms with van der Waals surface area (Å²) >= 11 is 0. The van der Waals surface area contributed by atoms with Crippen molar-refractivity contribution >= 4 is 26.2 Å². The van der Waals surface area contributed by atoms with Crippen LogP contribution < -0.4 is 14.5 Å². The zero-order valence-corrected chi connectivity index (χ0v) is 21.3. The minimum Gasteiger partial charge on any atom is -0.456 e. The van der Waals surface area contributed by atoms with E-state index in [1.54, 1.807) is 67.6 Å². The number of hydroxylamine groups is 1. The van der Waals surface area contributed by atoms with Crippen LogP contribution in [-0.4, -0.2) is 49.1 Å². The molecule has 1 saturated heterocycles. The lowest BCUT2D eigenvalue weighted by atomic mass is 9.95. The number of ether oxygens (including phenoxy) is 3. The van der Waals surface area contributed by atoms with Gasteiger partial charge in [0, 0.05) is 13.8 Å². The van der Waals surface area contributed by atoms with Crippen LogP contribution in [0.25, 0.3) is 0 Å². The van der Waals surface area contributed by atoms with E-state index in [1.807, 2.05) is 0 Å². The zero-order valence-electron chi connectivity index (χ0n) is 20.4. The molecule has 0 saturated carbocycles. The minimum absolute atomic E-state index is 0.135. The predicted octanol–water partition coefficient (Wildman–Crippen LogP) is 3.31. The number of hydrogen-bond acceptors (Lipinski definition) is 12. The van der Waals surface area contributed by atoms with Crippen molar-refractivity contribution in [2.45, 2.75) is 57.8 Å². The fraction of sp³-hybridized carbons (Fsp3) is 0.375. The van der Waals surface area contributed by atoms with Gasteiger partial charge in [0.05, 0.1) is 6.10 Å². The highest BCUT2D eigenvalue weighted by Crippen LogP contribution is 2.52. The summed E-state index contributed by atoms with van der Waals surface area (Å²) in [5.74, 6) is -1.15. The van der Waals surface area contributed by atoms with Crippen molar-refractivity contribution in [3.05, 3.63) is 60.7 Å². The summed E-state index contributed by atoms with van der Waals surface area (Å²) in [7, 11) is -4.52.